The Hall–Kier alpha value is -0.860. The second-order valence-corrected chi connectivity index (χ2v) is 4.27. The van der Waals surface area contributed by atoms with E-state index in [1.807, 2.05) is 38.1 Å². The molecule has 0 aromatic heterocycles. The van der Waals surface area contributed by atoms with Gasteiger partial charge in [-0.05, 0) is 18.1 Å². The molecule has 0 amide bonds. The molecule has 0 aliphatic rings. The number of rotatable bonds is 6. The third-order valence-electron chi connectivity index (χ3n) is 2.62. The molecule has 0 saturated carbocycles. The van der Waals surface area contributed by atoms with Crippen molar-refractivity contribution in [2.45, 2.75) is 26.9 Å². The lowest BCUT2D eigenvalue weighted by Gasteiger charge is -2.08. The summed E-state index contributed by atoms with van der Waals surface area (Å²) in [4.78, 5) is 11.5. The largest absolute Gasteiger partial charge is 0.369 e. The molecule has 0 bridgehead atoms. The fourth-order valence-corrected chi connectivity index (χ4v) is 1.44. The van der Waals surface area contributed by atoms with Crippen LogP contribution >= 0.6 is 11.6 Å². The van der Waals surface area contributed by atoms with Gasteiger partial charge in [0.25, 0.3) is 0 Å². The van der Waals surface area contributed by atoms with Gasteiger partial charge in [0.15, 0.2) is 5.78 Å². The van der Waals surface area contributed by atoms with Gasteiger partial charge >= 0.3 is 0 Å². The molecule has 1 rings (SSSR count). The van der Waals surface area contributed by atoms with E-state index in [-0.39, 0.29) is 18.3 Å². The smallest absolute Gasteiger partial charge is 0.161 e. The van der Waals surface area contributed by atoms with E-state index < -0.39 is 0 Å². The van der Waals surface area contributed by atoms with Crippen LogP contribution in [0.15, 0.2) is 24.3 Å². The third-order valence-corrected chi connectivity index (χ3v) is 2.99. The van der Waals surface area contributed by atoms with Crippen LogP contribution in [0.3, 0.4) is 0 Å². The standard InChI is InChI=1S/C13H17ClO2/c1-3-10(2)13(15)9-16-8-11-6-4-5-7-12(11)14/h4-7,10H,3,8-9H2,1-2H3. The highest BCUT2D eigenvalue weighted by atomic mass is 35.5. The summed E-state index contributed by atoms with van der Waals surface area (Å²) in [5.74, 6) is 0.223. The molecule has 1 atom stereocenters. The van der Waals surface area contributed by atoms with E-state index in [0.29, 0.717) is 11.6 Å². The van der Waals surface area contributed by atoms with Crippen molar-refractivity contribution in [3.8, 4) is 0 Å². The number of ketones is 1. The van der Waals surface area contributed by atoms with Crippen LogP contribution in [0.5, 0.6) is 0 Å². The van der Waals surface area contributed by atoms with Crippen molar-refractivity contribution in [3.63, 3.8) is 0 Å². The molecule has 3 heteroatoms. The first-order valence-electron chi connectivity index (χ1n) is 5.49. The number of hydrogen-bond donors (Lipinski definition) is 0. The van der Waals surface area contributed by atoms with Gasteiger partial charge in [0, 0.05) is 10.9 Å². The first kappa shape index (κ1) is 13.2. The second kappa shape index (κ2) is 6.66. The van der Waals surface area contributed by atoms with E-state index in [1.54, 1.807) is 0 Å². The van der Waals surface area contributed by atoms with Crippen LogP contribution in [0, 0.1) is 5.92 Å². The maximum atomic E-state index is 11.5. The third kappa shape index (κ3) is 3.95. The lowest BCUT2D eigenvalue weighted by atomic mass is 10.1. The van der Waals surface area contributed by atoms with Crippen LogP contribution in [0.1, 0.15) is 25.8 Å². The van der Waals surface area contributed by atoms with Crippen molar-refractivity contribution >= 4 is 17.4 Å². The van der Waals surface area contributed by atoms with Crippen LogP contribution in [-0.2, 0) is 16.1 Å². The summed E-state index contributed by atoms with van der Waals surface area (Å²) in [5.41, 5.74) is 0.918. The first-order valence-corrected chi connectivity index (χ1v) is 5.86. The number of halogens is 1. The predicted octanol–water partition coefficient (Wildman–Crippen LogP) is 3.47. The molecule has 0 heterocycles. The zero-order valence-electron chi connectivity index (χ0n) is 9.70. The summed E-state index contributed by atoms with van der Waals surface area (Å²) in [6, 6.07) is 7.49. The molecule has 0 aliphatic heterocycles. The summed E-state index contributed by atoms with van der Waals surface area (Å²) in [7, 11) is 0. The summed E-state index contributed by atoms with van der Waals surface area (Å²) in [6.45, 7) is 4.47. The summed E-state index contributed by atoms with van der Waals surface area (Å²) in [6.07, 6.45) is 0.855. The number of hydrogen-bond acceptors (Lipinski definition) is 2. The van der Waals surface area contributed by atoms with E-state index >= 15 is 0 Å². The maximum absolute atomic E-state index is 11.5. The van der Waals surface area contributed by atoms with Crippen molar-refractivity contribution in [2.75, 3.05) is 6.61 Å². The molecule has 1 aromatic rings. The van der Waals surface area contributed by atoms with E-state index in [0.717, 1.165) is 12.0 Å². The normalized spacial score (nSPS) is 12.4. The lowest BCUT2D eigenvalue weighted by Crippen LogP contribution is -2.16. The van der Waals surface area contributed by atoms with Crippen molar-refractivity contribution in [1.29, 1.82) is 0 Å². The molecule has 2 nitrogen and oxygen atoms in total. The highest BCUT2D eigenvalue weighted by Crippen LogP contribution is 2.15. The molecule has 0 N–H and O–H groups in total. The molecule has 1 aromatic carbocycles. The summed E-state index contributed by atoms with van der Waals surface area (Å²) in [5, 5.41) is 0.679. The minimum Gasteiger partial charge on any atom is -0.369 e. The number of Topliss-reactive ketones (excluding diaryl/α,β-unsaturated/α-hetero) is 1. The monoisotopic (exact) mass is 240 g/mol. The Labute approximate surface area is 102 Å². The van der Waals surface area contributed by atoms with Gasteiger partial charge in [0.05, 0.1) is 6.61 Å². The predicted molar refractivity (Wildman–Crippen MR) is 65.6 cm³/mol. The highest BCUT2D eigenvalue weighted by molar-refractivity contribution is 6.31. The van der Waals surface area contributed by atoms with Gasteiger partial charge in [-0.1, -0.05) is 43.6 Å². The molecular weight excluding hydrogens is 224 g/mol. The lowest BCUT2D eigenvalue weighted by molar-refractivity contribution is -0.127. The highest BCUT2D eigenvalue weighted by Gasteiger charge is 2.10. The Bertz CT molecular complexity index is 350. The van der Waals surface area contributed by atoms with Crippen LogP contribution in [0.25, 0.3) is 0 Å². The molecule has 0 radical (unpaired) electrons. The van der Waals surface area contributed by atoms with Crippen molar-refractivity contribution in [3.05, 3.63) is 34.9 Å². The van der Waals surface area contributed by atoms with Crippen LogP contribution in [0.2, 0.25) is 5.02 Å². The van der Waals surface area contributed by atoms with Gasteiger partial charge in [-0.3, -0.25) is 4.79 Å². The Morgan fingerprint density at radius 1 is 1.44 bits per heavy atom. The average molecular weight is 241 g/mol. The van der Waals surface area contributed by atoms with Gasteiger partial charge in [-0.2, -0.15) is 0 Å². The molecule has 0 fully saturated rings. The number of carbonyl (C=O) groups is 1. The fourth-order valence-electron chi connectivity index (χ4n) is 1.25. The Morgan fingerprint density at radius 3 is 2.75 bits per heavy atom. The van der Waals surface area contributed by atoms with Gasteiger partial charge < -0.3 is 4.74 Å². The summed E-state index contributed by atoms with van der Waals surface area (Å²) < 4.78 is 5.35. The number of ether oxygens (including phenoxy) is 1. The van der Waals surface area contributed by atoms with Gasteiger partial charge in [-0.15, -0.1) is 0 Å². The molecule has 1 unspecified atom stereocenters. The zero-order valence-corrected chi connectivity index (χ0v) is 10.5. The maximum Gasteiger partial charge on any atom is 0.161 e. The minimum atomic E-state index is 0.0752. The van der Waals surface area contributed by atoms with E-state index in [9.17, 15) is 4.79 Å². The Kier molecular flexibility index (Phi) is 5.50. The van der Waals surface area contributed by atoms with E-state index in [2.05, 4.69) is 0 Å². The second-order valence-electron chi connectivity index (χ2n) is 3.86. The van der Waals surface area contributed by atoms with Crippen LogP contribution in [-0.4, -0.2) is 12.4 Å². The SMILES string of the molecule is CCC(C)C(=O)COCc1ccccc1Cl. The van der Waals surface area contributed by atoms with Gasteiger partial charge in [-0.25, -0.2) is 0 Å². The molecule has 88 valence electrons. The number of carbonyl (C=O) groups excluding carboxylic acids is 1. The molecular formula is C13H17ClO2. The van der Waals surface area contributed by atoms with Gasteiger partial charge in [0.1, 0.15) is 6.61 Å². The zero-order chi connectivity index (χ0) is 12.0. The molecule has 0 aliphatic carbocycles. The topological polar surface area (TPSA) is 26.3 Å². The molecule has 0 spiro atoms. The van der Waals surface area contributed by atoms with Crippen LogP contribution < -0.4 is 0 Å². The van der Waals surface area contributed by atoms with E-state index in [1.165, 1.54) is 0 Å². The van der Waals surface area contributed by atoms with E-state index in [4.69, 9.17) is 16.3 Å². The fraction of sp³-hybridized carbons (Fsp3) is 0.462. The quantitative estimate of drug-likeness (QED) is 0.761. The molecule has 16 heavy (non-hydrogen) atoms. The Morgan fingerprint density at radius 2 is 2.12 bits per heavy atom. The average Bonchev–Trinajstić information content (AvgIpc) is 2.30. The Balaban J connectivity index is 2.36. The number of benzene rings is 1. The summed E-state index contributed by atoms with van der Waals surface area (Å²) >= 11 is 5.96. The molecule has 0 saturated heterocycles. The van der Waals surface area contributed by atoms with Crippen LogP contribution in [0.4, 0.5) is 0 Å². The van der Waals surface area contributed by atoms with Crippen molar-refractivity contribution < 1.29 is 9.53 Å². The van der Waals surface area contributed by atoms with Crippen molar-refractivity contribution in [1.82, 2.24) is 0 Å². The van der Waals surface area contributed by atoms with Gasteiger partial charge in [0.2, 0.25) is 0 Å². The minimum absolute atomic E-state index is 0.0752. The van der Waals surface area contributed by atoms with Crippen molar-refractivity contribution in [2.24, 2.45) is 5.92 Å². The first-order chi connectivity index (χ1) is 7.65.